The highest BCUT2D eigenvalue weighted by Gasteiger charge is 2.10. The van der Waals surface area contributed by atoms with Crippen molar-refractivity contribution >= 4 is 17.5 Å². The Bertz CT molecular complexity index is 1130. The smallest absolute Gasteiger partial charge is 0.229 e. The van der Waals surface area contributed by atoms with Gasteiger partial charge in [0.05, 0.1) is 12.3 Å². The van der Waals surface area contributed by atoms with Crippen LogP contribution >= 0.6 is 0 Å². The van der Waals surface area contributed by atoms with Gasteiger partial charge in [0.2, 0.25) is 5.95 Å². The highest BCUT2D eigenvalue weighted by atomic mass is 16.3. The average molecular weight is 416 g/mol. The van der Waals surface area contributed by atoms with Crippen molar-refractivity contribution in [3.05, 3.63) is 84.1 Å². The van der Waals surface area contributed by atoms with E-state index in [9.17, 15) is 5.11 Å². The largest absolute Gasteiger partial charge is 0.395 e. The molecule has 31 heavy (non-hydrogen) atoms. The van der Waals surface area contributed by atoms with Crippen molar-refractivity contribution in [2.24, 2.45) is 0 Å². The normalized spacial score (nSPS) is 10.8. The molecule has 0 saturated heterocycles. The Morgan fingerprint density at radius 3 is 2.42 bits per heavy atom. The molecule has 0 saturated carbocycles. The third-order valence-electron chi connectivity index (χ3n) is 4.79. The zero-order valence-corrected chi connectivity index (χ0v) is 17.6. The van der Waals surface area contributed by atoms with Gasteiger partial charge in [-0.25, -0.2) is 14.6 Å². The van der Waals surface area contributed by atoms with Gasteiger partial charge in [0, 0.05) is 25.0 Å². The van der Waals surface area contributed by atoms with E-state index in [2.05, 4.69) is 37.5 Å². The summed E-state index contributed by atoms with van der Waals surface area (Å²) in [4.78, 5) is 15.4. The summed E-state index contributed by atoms with van der Waals surface area (Å²) in [6.07, 6.45) is 1.72. The molecule has 2 N–H and O–H groups in total. The van der Waals surface area contributed by atoms with Gasteiger partial charge in [-0.2, -0.15) is 10.1 Å². The fraction of sp³-hybridized carbons (Fsp3) is 0.217. The van der Waals surface area contributed by atoms with Gasteiger partial charge in [0.1, 0.15) is 17.5 Å². The van der Waals surface area contributed by atoms with Crippen LogP contribution in [0, 0.1) is 13.8 Å². The molecule has 0 bridgehead atoms. The minimum Gasteiger partial charge on any atom is -0.395 e. The number of aryl methyl sites for hydroxylation is 2. The van der Waals surface area contributed by atoms with Crippen LogP contribution in [0.3, 0.4) is 0 Å². The molecule has 2 aromatic heterocycles. The number of nitrogens with zero attached hydrogens (tertiary/aromatic N) is 6. The maximum atomic E-state index is 9.51. The van der Waals surface area contributed by atoms with Crippen molar-refractivity contribution in [3.8, 4) is 5.69 Å². The first-order valence-corrected chi connectivity index (χ1v) is 10.1. The number of aliphatic hydroxyl groups is 1. The molecule has 4 rings (SSSR count). The van der Waals surface area contributed by atoms with E-state index < -0.39 is 0 Å². The van der Waals surface area contributed by atoms with Crippen LogP contribution in [0.1, 0.15) is 17.2 Å². The zero-order valence-electron chi connectivity index (χ0n) is 17.6. The number of aromatic nitrogens is 5. The molecule has 158 valence electrons. The lowest BCUT2D eigenvalue weighted by molar-refractivity contribution is 0.301. The number of anilines is 3. The van der Waals surface area contributed by atoms with E-state index in [1.165, 1.54) is 0 Å². The molecule has 0 aliphatic heterocycles. The summed E-state index contributed by atoms with van der Waals surface area (Å²) in [5, 5.41) is 17.2. The Labute approximate surface area is 181 Å². The van der Waals surface area contributed by atoms with Crippen molar-refractivity contribution in [1.82, 2.24) is 24.7 Å². The lowest BCUT2D eigenvalue weighted by Gasteiger charge is -2.23. The number of hydrogen-bond donors (Lipinski definition) is 2. The van der Waals surface area contributed by atoms with Gasteiger partial charge in [-0.05, 0) is 49.7 Å². The number of benzene rings is 2. The Hall–Kier alpha value is -3.78. The minimum atomic E-state index is 0.0439. The molecule has 0 aliphatic carbocycles. The fourth-order valence-electron chi connectivity index (χ4n) is 3.37. The molecule has 2 aromatic carbocycles. The quantitative estimate of drug-likeness (QED) is 0.456. The highest BCUT2D eigenvalue weighted by Crippen LogP contribution is 2.20. The second-order valence-corrected chi connectivity index (χ2v) is 7.16. The Balaban J connectivity index is 1.50. The topological polar surface area (TPSA) is 92.0 Å². The molecule has 0 spiro atoms. The van der Waals surface area contributed by atoms with Crippen LogP contribution in [0.25, 0.3) is 5.69 Å². The predicted octanol–water partition coefficient (Wildman–Crippen LogP) is 3.42. The maximum Gasteiger partial charge on any atom is 0.229 e. The third kappa shape index (κ3) is 5.04. The first-order chi connectivity index (χ1) is 15.1. The van der Waals surface area contributed by atoms with E-state index in [1.807, 2.05) is 72.0 Å². The maximum absolute atomic E-state index is 9.51. The van der Waals surface area contributed by atoms with Gasteiger partial charge in [0.25, 0.3) is 0 Å². The summed E-state index contributed by atoms with van der Waals surface area (Å²) in [7, 11) is 0. The van der Waals surface area contributed by atoms with Crippen molar-refractivity contribution in [3.63, 3.8) is 0 Å². The average Bonchev–Trinajstić information content (AvgIpc) is 3.13. The molecule has 0 atom stereocenters. The van der Waals surface area contributed by atoms with Crippen LogP contribution in [0.15, 0.2) is 66.9 Å². The lowest BCUT2D eigenvalue weighted by atomic mass is 10.2. The summed E-state index contributed by atoms with van der Waals surface area (Å²) in [6.45, 7) is 4.99. The molecular weight excluding hydrogens is 390 g/mol. The van der Waals surface area contributed by atoms with Gasteiger partial charge in [0.15, 0.2) is 0 Å². The van der Waals surface area contributed by atoms with E-state index in [0.717, 1.165) is 34.4 Å². The Morgan fingerprint density at radius 1 is 0.968 bits per heavy atom. The van der Waals surface area contributed by atoms with Crippen LogP contribution in [-0.2, 0) is 6.54 Å². The fourth-order valence-corrected chi connectivity index (χ4v) is 3.37. The summed E-state index contributed by atoms with van der Waals surface area (Å²) in [5.74, 6) is 2.83. The van der Waals surface area contributed by atoms with Gasteiger partial charge in [-0.15, -0.1) is 0 Å². The van der Waals surface area contributed by atoms with E-state index >= 15 is 0 Å². The molecule has 0 aliphatic rings. The molecule has 0 amide bonds. The van der Waals surface area contributed by atoms with E-state index in [0.29, 0.717) is 19.0 Å². The molecule has 8 heteroatoms. The SMILES string of the molecule is Cc1nc(C)n(-c2ccc(Nc3nccc(N(CCO)Cc4ccccc4)n3)cc2)n1. The van der Waals surface area contributed by atoms with Crippen LogP contribution in [0.4, 0.5) is 17.5 Å². The second kappa shape index (κ2) is 9.36. The number of aliphatic hydroxyl groups excluding tert-OH is 1. The van der Waals surface area contributed by atoms with Gasteiger partial charge >= 0.3 is 0 Å². The van der Waals surface area contributed by atoms with Crippen LogP contribution in [0.2, 0.25) is 0 Å². The first-order valence-electron chi connectivity index (χ1n) is 10.1. The van der Waals surface area contributed by atoms with E-state index in [-0.39, 0.29) is 6.61 Å². The van der Waals surface area contributed by atoms with Gasteiger partial charge in [-0.1, -0.05) is 30.3 Å². The Kier molecular flexibility index (Phi) is 6.18. The van der Waals surface area contributed by atoms with Gasteiger partial charge < -0.3 is 15.3 Å². The molecule has 0 unspecified atom stereocenters. The first kappa shape index (κ1) is 20.5. The highest BCUT2D eigenvalue weighted by molar-refractivity contribution is 5.57. The summed E-state index contributed by atoms with van der Waals surface area (Å²) in [5.41, 5.74) is 2.96. The summed E-state index contributed by atoms with van der Waals surface area (Å²) >= 11 is 0. The standard InChI is InChI=1S/C23H25N7O/c1-17-25-18(2)30(28-17)21-10-8-20(9-11-21)26-23-24-13-12-22(27-23)29(14-15-31)16-19-6-4-3-5-7-19/h3-13,31H,14-16H2,1-2H3,(H,24,26,27). The monoisotopic (exact) mass is 415 g/mol. The van der Waals surface area contributed by atoms with E-state index in [4.69, 9.17) is 0 Å². The van der Waals surface area contributed by atoms with Crippen molar-refractivity contribution < 1.29 is 5.11 Å². The lowest BCUT2D eigenvalue weighted by Crippen LogP contribution is -2.27. The molecule has 0 radical (unpaired) electrons. The zero-order chi connectivity index (χ0) is 21.6. The molecule has 4 aromatic rings. The van der Waals surface area contributed by atoms with Crippen LogP contribution in [-0.4, -0.2) is 43.0 Å². The predicted molar refractivity (Wildman–Crippen MR) is 121 cm³/mol. The number of rotatable bonds is 8. The van der Waals surface area contributed by atoms with Crippen molar-refractivity contribution in [1.29, 1.82) is 0 Å². The van der Waals surface area contributed by atoms with Crippen LogP contribution in [0.5, 0.6) is 0 Å². The third-order valence-corrected chi connectivity index (χ3v) is 4.79. The Morgan fingerprint density at radius 2 is 1.74 bits per heavy atom. The molecule has 8 nitrogen and oxygen atoms in total. The van der Waals surface area contributed by atoms with Crippen molar-refractivity contribution in [2.45, 2.75) is 20.4 Å². The van der Waals surface area contributed by atoms with Gasteiger partial charge in [-0.3, -0.25) is 0 Å². The van der Waals surface area contributed by atoms with Crippen LogP contribution < -0.4 is 10.2 Å². The summed E-state index contributed by atoms with van der Waals surface area (Å²) in [6, 6.07) is 19.8. The second-order valence-electron chi connectivity index (χ2n) is 7.16. The number of hydrogen-bond acceptors (Lipinski definition) is 7. The van der Waals surface area contributed by atoms with E-state index in [1.54, 1.807) is 6.20 Å². The molecular formula is C23H25N7O. The minimum absolute atomic E-state index is 0.0439. The summed E-state index contributed by atoms with van der Waals surface area (Å²) < 4.78 is 1.81. The molecule has 2 heterocycles. The number of nitrogens with one attached hydrogen (secondary N) is 1. The molecule has 0 fully saturated rings. The van der Waals surface area contributed by atoms with Crippen molar-refractivity contribution in [2.75, 3.05) is 23.4 Å².